The number of carbonyl (C=O) groups excluding carboxylic acids is 1. The van der Waals surface area contributed by atoms with Crippen LogP contribution >= 0.6 is 0 Å². The van der Waals surface area contributed by atoms with Gasteiger partial charge in [0.15, 0.2) is 0 Å². The minimum Gasteiger partial charge on any atom is -0.488 e. The summed E-state index contributed by atoms with van der Waals surface area (Å²) in [6.07, 6.45) is 0.442. The Kier molecular flexibility index (Phi) is 5.52. The Hall–Kier alpha value is -1.75. The first-order chi connectivity index (χ1) is 10.8. The molecule has 1 amide bonds. The van der Waals surface area contributed by atoms with Crippen molar-refractivity contribution in [2.24, 2.45) is 5.92 Å². The SMILES string of the molecule is C[C@H]1CN(C)C(=O)Cc2cc(N(C)C)ccc2O[C@@H]1CN(C)C. The van der Waals surface area contributed by atoms with Gasteiger partial charge in [-0.25, -0.2) is 0 Å². The Morgan fingerprint density at radius 3 is 2.57 bits per heavy atom. The van der Waals surface area contributed by atoms with E-state index < -0.39 is 0 Å². The van der Waals surface area contributed by atoms with Gasteiger partial charge in [0, 0.05) is 51.4 Å². The molecule has 0 saturated heterocycles. The fourth-order valence-corrected chi connectivity index (χ4v) is 2.90. The molecule has 0 unspecified atom stereocenters. The molecular formula is C18H29N3O2. The number of hydrogen-bond donors (Lipinski definition) is 0. The molecule has 1 aliphatic heterocycles. The van der Waals surface area contributed by atoms with E-state index in [1.54, 1.807) is 0 Å². The standard InChI is InChI=1S/C18H29N3O2/c1-13-11-21(6)18(22)10-14-9-15(20(4)5)7-8-16(14)23-17(13)12-19(2)3/h7-9,13,17H,10-12H2,1-6H3/t13-,17+/m0/s1. The summed E-state index contributed by atoms with van der Waals surface area (Å²) in [6.45, 7) is 3.70. The number of fused-ring (bicyclic) bond motifs is 1. The van der Waals surface area contributed by atoms with Crippen LogP contribution in [-0.2, 0) is 11.2 Å². The van der Waals surface area contributed by atoms with Gasteiger partial charge in [0.25, 0.3) is 0 Å². The minimum absolute atomic E-state index is 0.0577. The molecule has 0 saturated carbocycles. The van der Waals surface area contributed by atoms with E-state index in [1.807, 2.05) is 57.2 Å². The largest absolute Gasteiger partial charge is 0.488 e. The second-order valence-electron chi connectivity index (χ2n) is 7.03. The third kappa shape index (κ3) is 4.38. The first kappa shape index (κ1) is 17.6. The molecule has 2 rings (SSSR count). The van der Waals surface area contributed by atoms with Crippen LogP contribution in [0.3, 0.4) is 0 Å². The summed E-state index contributed by atoms with van der Waals surface area (Å²) in [6, 6.07) is 6.10. The molecule has 128 valence electrons. The normalized spacial score (nSPS) is 22.0. The molecule has 0 fully saturated rings. The molecule has 0 N–H and O–H groups in total. The van der Waals surface area contributed by atoms with Gasteiger partial charge in [-0.3, -0.25) is 4.79 Å². The van der Waals surface area contributed by atoms with Crippen LogP contribution in [-0.4, -0.2) is 70.1 Å². The fraction of sp³-hybridized carbons (Fsp3) is 0.611. The number of benzene rings is 1. The molecule has 23 heavy (non-hydrogen) atoms. The van der Waals surface area contributed by atoms with Crippen LogP contribution in [0.15, 0.2) is 18.2 Å². The summed E-state index contributed by atoms with van der Waals surface area (Å²) < 4.78 is 6.33. The highest BCUT2D eigenvalue weighted by atomic mass is 16.5. The van der Waals surface area contributed by atoms with E-state index in [2.05, 4.69) is 17.9 Å². The molecule has 5 nitrogen and oxygen atoms in total. The van der Waals surface area contributed by atoms with Gasteiger partial charge in [0.2, 0.25) is 5.91 Å². The quantitative estimate of drug-likeness (QED) is 0.850. The Morgan fingerprint density at radius 2 is 1.96 bits per heavy atom. The van der Waals surface area contributed by atoms with Crippen molar-refractivity contribution in [3.8, 4) is 5.75 Å². The van der Waals surface area contributed by atoms with Crippen LogP contribution < -0.4 is 9.64 Å². The topological polar surface area (TPSA) is 36.0 Å². The van der Waals surface area contributed by atoms with Crippen molar-refractivity contribution >= 4 is 11.6 Å². The molecule has 1 aromatic rings. The zero-order chi connectivity index (χ0) is 17.1. The highest BCUT2D eigenvalue weighted by molar-refractivity contribution is 5.80. The van der Waals surface area contributed by atoms with Gasteiger partial charge in [0.05, 0.1) is 6.42 Å². The first-order valence-corrected chi connectivity index (χ1v) is 8.13. The maximum atomic E-state index is 12.5. The van der Waals surface area contributed by atoms with Crippen LogP contribution in [0.2, 0.25) is 0 Å². The van der Waals surface area contributed by atoms with Crippen LogP contribution in [0.4, 0.5) is 5.69 Å². The van der Waals surface area contributed by atoms with E-state index in [4.69, 9.17) is 4.74 Å². The maximum absolute atomic E-state index is 12.5. The zero-order valence-electron chi connectivity index (χ0n) is 15.2. The number of nitrogens with zero attached hydrogens (tertiary/aromatic N) is 3. The van der Waals surface area contributed by atoms with E-state index in [0.29, 0.717) is 13.0 Å². The highest BCUT2D eigenvalue weighted by Crippen LogP contribution is 2.29. The van der Waals surface area contributed by atoms with E-state index in [0.717, 1.165) is 23.5 Å². The molecule has 1 aromatic carbocycles. The van der Waals surface area contributed by atoms with Crippen molar-refractivity contribution in [1.82, 2.24) is 9.80 Å². The van der Waals surface area contributed by atoms with E-state index >= 15 is 0 Å². The summed E-state index contributed by atoms with van der Waals surface area (Å²) in [4.78, 5) is 18.5. The van der Waals surface area contributed by atoms with Gasteiger partial charge in [-0.15, -0.1) is 0 Å². The van der Waals surface area contributed by atoms with Crippen molar-refractivity contribution in [3.63, 3.8) is 0 Å². The van der Waals surface area contributed by atoms with Crippen molar-refractivity contribution in [3.05, 3.63) is 23.8 Å². The predicted octanol–water partition coefficient (Wildman–Crippen LogP) is 1.71. The van der Waals surface area contributed by atoms with Gasteiger partial charge in [-0.05, 0) is 32.3 Å². The lowest BCUT2D eigenvalue weighted by Gasteiger charge is -2.29. The summed E-state index contributed by atoms with van der Waals surface area (Å²) in [5.74, 6) is 1.24. The second kappa shape index (κ2) is 7.21. The fourth-order valence-electron chi connectivity index (χ4n) is 2.90. The smallest absolute Gasteiger partial charge is 0.226 e. The highest BCUT2D eigenvalue weighted by Gasteiger charge is 2.27. The molecule has 2 atom stereocenters. The third-order valence-electron chi connectivity index (χ3n) is 4.35. The van der Waals surface area contributed by atoms with Gasteiger partial charge in [-0.2, -0.15) is 0 Å². The number of anilines is 1. The van der Waals surface area contributed by atoms with Gasteiger partial charge in [0.1, 0.15) is 11.9 Å². The van der Waals surface area contributed by atoms with Crippen LogP contribution in [0, 0.1) is 5.92 Å². The van der Waals surface area contributed by atoms with Crippen molar-refractivity contribution in [2.45, 2.75) is 19.4 Å². The minimum atomic E-state index is 0.0577. The Balaban J connectivity index is 2.40. The molecule has 5 heteroatoms. The molecule has 0 aromatic heterocycles. The van der Waals surface area contributed by atoms with Gasteiger partial charge in [-0.1, -0.05) is 6.92 Å². The number of rotatable bonds is 3. The molecule has 0 radical (unpaired) electrons. The van der Waals surface area contributed by atoms with Crippen molar-refractivity contribution < 1.29 is 9.53 Å². The third-order valence-corrected chi connectivity index (χ3v) is 4.35. The monoisotopic (exact) mass is 319 g/mol. The molecule has 0 bridgehead atoms. The number of hydrogen-bond acceptors (Lipinski definition) is 4. The average Bonchev–Trinajstić information content (AvgIpc) is 2.49. The van der Waals surface area contributed by atoms with Crippen molar-refractivity contribution in [2.75, 3.05) is 53.2 Å². The lowest BCUT2D eigenvalue weighted by Crippen LogP contribution is -2.41. The summed E-state index contributed by atoms with van der Waals surface area (Å²) >= 11 is 0. The Bertz CT molecular complexity index is 557. The summed E-state index contributed by atoms with van der Waals surface area (Å²) in [5.41, 5.74) is 2.05. The van der Waals surface area contributed by atoms with Crippen molar-refractivity contribution in [1.29, 1.82) is 0 Å². The molecule has 0 aliphatic carbocycles. The van der Waals surface area contributed by atoms with Crippen LogP contribution in [0.1, 0.15) is 12.5 Å². The van der Waals surface area contributed by atoms with Gasteiger partial charge < -0.3 is 19.4 Å². The van der Waals surface area contributed by atoms with Crippen LogP contribution in [0.25, 0.3) is 0 Å². The Morgan fingerprint density at radius 1 is 1.26 bits per heavy atom. The summed E-state index contributed by atoms with van der Waals surface area (Å²) in [7, 11) is 9.98. The van der Waals surface area contributed by atoms with Gasteiger partial charge >= 0.3 is 0 Å². The lowest BCUT2D eigenvalue weighted by atomic mass is 10.0. The molecular weight excluding hydrogens is 290 g/mol. The zero-order valence-corrected chi connectivity index (χ0v) is 15.2. The number of amides is 1. The second-order valence-corrected chi connectivity index (χ2v) is 7.03. The Labute approximate surface area is 139 Å². The number of likely N-dealkylation sites (N-methyl/N-ethyl adjacent to an activating group) is 2. The maximum Gasteiger partial charge on any atom is 0.226 e. The number of ether oxygens (including phenoxy) is 1. The molecule has 1 heterocycles. The first-order valence-electron chi connectivity index (χ1n) is 8.13. The van der Waals surface area contributed by atoms with Crippen LogP contribution in [0.5, 0.6) is 5.75 Å². The number of carbonyl (C=O) groups is 1. The van der Waals surface area contributed by atoms with E-state index in [1.165, 1.54) is 0 Å². The van der Waals surface area contributed by atoms with E-state index in [9.17, 15) is 4.79 Å². The lowest BCUT2D eigenvalue weighted by molar-refractivity contribution is -0.129. The average molecular weight is 319 g/mol. The van der Waals surface area contributed by atoms with E-state index in [-0.39, 0.29) is 17.9 Å². The molecule has 0 spiro atoms. The predicted molar refractivity (Wildman–Crippen MR) is 94.2 cm³/mol. The summed E-state index contributed by atoms with van der Waals surface area (Å²) in [5, 5.41) is 0. The molecule has 1 aliphatic rings.